The van der Waals surface area contributed by atoms with Crippen LogP contribution in [0.15, 0.2) is 12.2 Å². The van der Waals surface area contributed by atoms with Gasteiger partial charge in [0.15, 0.2) is 6.10 Å². The third kappa shape index (κ3) is 53.0. The highest BCUT2D eigenvalue weighted by Crippen LogP contribution is 2.17. The van der Waals surface area contributed by atoms with Gasteiger partial charge in [-0.25, -0.2) is 0 Å². The normalized spacial score (nSPS) is 12.0. The van der Waals surface area contributed by atoms with E-state index in [0.717, 1.165) is 64.2 Å². The fourth-order valence-corrected chi connectivity index (χ4v) is 8.85. The van der Waals surface area contributed by atoms with Gasteiger partial charge < -0.3 is 14.2 Å². The second kappa shape index (κ2) is 54.8. The summed E-state index contributed by atoms with van der Waals surface area (Å²) >= 11 is 0. The molecule has 0 spiro atoms. The van der Waals surface area contributed by atoms with Crippen molar-refractivity contribution in [3.8, 4) is 0 Å². The van der Waals surface area contributed by atoms with Gasteiger partial charge in [-0.15, -0.1) is 0 Å². The first-order valence-corrected chi connectivity index (χ1v) is 29.2. The summed E-state index contributed by atoms with van der Waals surface area (Å²) in [6.45, 7) is 6.68. The molecule has 6 nitrogen and oxygen atoms in total. The van der Waals surface area contributed by atoms with Crippen molar-refractivity contribution in [2.45, 2.75) is 335 Å². The van der Waals surface area contributed by atoms with Gasteiger partial charge in [-0.2, -0.15) is 0 Å². The molecular weight excluding hydrogens is 805 g/mol. The molecule has 65 heavy (non-hydrogen) atoms. The number of ether oxygens (including phenoxy) is 3. The van der Waals surface area contributed by atoms with Gasteiger partial charge in [0.25, 0.3) is 0 Å². The third-order valence-electron chi connectivity index (χ3n) is 13.3. The summed E-state index contributed by atoms with van der Waals surface area (Å²) in [6.07, 6.45) is 62.0. The summed E-state index contributed by atoms with van der Waals surface area (Å²) in [7, 11) is 0. The van der Waals surface area contributed by atoms with Crippen LogP contribution in [-0.2, 0) is 28.6 Å². The lowest BCUT2D eigenvalue weighted by Crippen LogP contribution is -2.30. The number of rotatable bonds is 54. The molecule has 0 bridgehead atoms. The van der Waals surface area contributed by atoms with Gasteiger partial charge in [0.2, 0.25) is 0 Å². The highest BCUT2D eigenvalue weighted by molar-refractivity contribution is 5.71. The molecule has 0 N–H and O–H groups in total. The lowest BCUT2D eigenvalue weighted by molar-refractivity contribution is -0.167. The quantitative estimate of drug-likeness (QED) is 0.0262. The molecule has 1 unspecified atom stereocenters. The molecule has 384 valence electrons. The van der Waals surface area contributed by atoms with E-state index >= 15 is 0 Å². The Morgan fingerprint density at radius 2 is 0.508 bits per heavy atom. The maximum Gasteiger partial charge on any atom is 0.306 e. The summed E-state index contributed by atoms with van der Waals surface area (Å²) < 4.78 is 16.9. The van der Waals surface area contributed by atoms with Crippen LogP contribution in [0, 0.1) is 0 Å². The summed E-state index contributed by atoms with van der Waals surface area (Å²) in [5.74, 6) is -0.851. The van der Waals surface area contributed by atoms with Crippen molar-refractivity contribution in [2.75, 3.05) is 13.2 Å². The van der Waals surface area contributed by atoms with Gasteiger partial charge in [-0.05, 0) is 44.9 Å². The zero-order chi connectivity index (χ0) is 47.2. The highest BCUT2D eigenvalue weighted by Gasteiger charge is 2.19. The Kier molecular flexibility index (Phi) is 53.2. The molecule has 1 atom stereocenters. The minimum absolute atomic E-state index is 0.0665. The Morgan fingerprint density at radius 3 is 0.769 bits per heavy atom. The van der Waals surface area contributed by atoms with Crippen LogP contribution in [0.25, 0.3) is 0 Å². The van der Waals surface area contributed by atoms with Gasteiger partial charge in [0.05, 0.1) is 0 Å². The predicted octanol–water partition coefficient (Wildman–Crippen LogP) is 19.3. The lowest BCUT2D eigenvalue weighted by Gasteiger charge is -2.18. The summed E-state index contributed by atoms with van der Waals surface area (Å²) in [5.41, 5.74) is 0. The first-order valence-electron chi connectivity index (χ1n) is 29.2. The van der Waals surface area contributed by atoms with Crippen LogP contribution < -0.4 is 0 Å². The zero-order valence-corrected chi connectivity index (χ0v) is 44.0. The van der Waals surface area contributed by atoms with Crippen molar-refractivity contribution < 1.29 is 28.6 Å². The number of hydrogen-bond acceptors (Lipinski definition) is 6. The van der Waals surface area contributed by atoms with Crippen LogP contribution >= 0.6 is 0 Å². The van der Waals surface area contributed by atoms with Crippen molar-refractivity contribution >= 4 is 17.9 Å². The maximum atomic E-state index is 12.8. The predicted molar refractivity (Wildman–Crippen MR) is 280 cm³/mol. The Labute approximate surface area is 405 Å². The maximum absolute atomic E-state index is 12.8. The van der Waals surface area contributed by atoms with E-state index in [0.29, 0.717) is 19.3 Å². The summed E-state index contributed by atoms with van der Waals surface area (Å²) in [5, 5.41) is 0. The van der Waals surface area contributed by atoms with E-state index in [9.17, 15) is 14.4 Å². The monoisotopic (exact) mass is 917 g/mol. The fourth-order valence-electron chi connectivity index (χ4n) is 8.85. The van der Waals surface area contributed by atoms with Crippen LogP contribution in [0.5, 0.6) is 0 Å². The molecule has 0 amide bonds. The first kappa shape index (κ1) is 63.1. The van der Waals surface area contributed by atoms with Crippen molar-refractivity contribution in [1.29, 1.82) is 0 Å². The number of carbonyl (C=O) groups is 3. The van der Waals surface area contributed by atoms with Gasteiger partial charge in [-0.1, -0.05) is 277 Å². The topological polar surface area (TPSA) is 78.9 Å². The molecule has 0 aliphatic carbocycles. The molecule has 0 aromatic heterocycles. The third-order valence-corrected chi connectivity index (χ3v) is 13.3. The van der Waals surface area contributed by atoms with Crippen LogP contribution in [0.2, 0.25) is 0 Å². The first-order chi connectivity index (χ1) is 32.0. The number of esters is 3. The molecular formula is C59H112O6. The van der Waals surface area contributed by atoms with E-state index in [4.69, 9.17) is 14.2 Å². The standard InChI is InChI=1S/C59H112O6/c1-4-7-10-13-16-19-22-25-27-28-29-30-32-35-37-40-43-46-49-52-58(61)64-55-56(65-59(62)53-50-47-44-41-38-33-24-21-18-15-12-9-6-3)54-63-57(60)51-48-45-42-39-36-34-31-26-23-20-17-14-11-8-5-2/h26,31,56H,4-25,27-30,32-55H2,1-3H3/b31-26-. The number of unbranched alkanes of at least 4 members (excludes halogenated alkanes) is 41. The molecule has 0 aromatic rings. The molecule has 6 heteroatoms. The smallest absolute Gasteiger partial charge is 0.306 e. The van der Waals surface area contributed by atoms with Crippen molar-refractivity contribution in [2.24, 2.45) is 0 Å². The second-order valence-corrected chi connectivity index (χ2v) is 19.9. The molecule has 0 aromatic carbocycles. The molecule has 0 aliphatic rings. The van der Waals surface area contributed by atoms with E-state index in [1.807, 2.05) is 0 Å². The Balaban J connectivity index is 4.28. The van der Waals surface area contributed by atoms with Crippen LogP contribution in [-0.4, -0.2) is 37.2 Å². The lowest BCUT2D eigenvalue weighted by atomic mass is 10.0. The van der Waals surface area contributed by atoms with Crippen molar-refractivity contribution in [3.05, 3.63) is 12.2 Å². The summed E-state index contributed by atoms with van der Waals surface area (Å²) in [4.78, 5) is 38.1. The minimum Gasteiger partial charge on any atom is -0.462 e. The van der Waals surface area contributed by atoms with Crippen molar-refractivity contribution in [3.63, 3.8) is 0 Å². The number of allylic oxidation sites excluding steroid dienone is 2. The number of carbonyl (C=O) groups excluding carboxylic acids is 3. The van der Waals surface area contributed by atoms with Crippen LogP contribution in [0.1, 0.15) is 329 Å². The van der Waals surface area contributed by atoms with Crippen LogP contribution in [0.3, 0.4) is 0 Å². The van der Waals surface area contributed by atoms with E-state index in [-0.39, 0.29) is 31.1 Å². The van der Waals surface area contributed by atoms with Crippen LogP contribution in [0.4, 0.5) is 0 Å². The van der Waals surface area contributed by atoms with Gasteiger partial charge >= 0.3 is 17.9 Å². The van der Waals surface area contributed by atoms with Gasteiger partial charge in [0, 0.05) is 19.3 Å². The van der Waals surface area contributed by atoms with Gasteiger partial charge in [-0.3, -0.25) is 14.4 Å². The zero-order valence-electron chi connectivity index (χ0n) is 44.0. The fraction of sp³-hybridized carbons (Fsp3) is 0.915. The Morgan fingerprint density at radius 1 is 0.292 bits per heavy atom. The molecule has 0 radical (unpaired) electrons. The minimum atomic E-state index is -0.767. The van der Waals surface area contributed by atoms with E-state index in [1.54, 1.807) is 0 Å². The summed E-state index contributed by atoms with van der Waals surface area (Å²) in [6, 6.07) is 0. The van der Waals surface area contributed by atoms with Gasteiger partial charge in [0.1, 0.15) is 13.2 Å². The largest absolute Gasteiger partial charge is 0.462 e. The molecule has 0 rings (SSSR count). The molecule has 0 saturated heterocycles. The SMILES string of the molecule is CCCCCCCC/C=C\CCCCCCCC(=O)OCC(COC(=O)CCCCCCCCCCCCCCCCCCCCC)OC(=O)CCCCCCCCCCCCCCC. The number of hydrogen-bond donors (Lipinski definition) is 0. The molecule has 0 fully saturated rings. The highest BCUT2D eigenvalue weighted by atomic mass is 16.6. The van der Waals surface area contributed by atoms with E-state index in [2.05, 4.69) is 32.9 Å². The second-order valence-electron chi connectivity index (χ2n) is 19.9. The van der Waals surface area contributed by atoms with E-state index in [1.165, 1.54) is 225 Å². The molecule has 0 aliphatic heterocycles. The molecule has 0 saturated carbocycles. The van der Waals surface area contributed by atoms with Crippen molar-refractivity contribution in [1.82, 2.24) is 0 Å². The Hall–Kier alpha value is -1.85. The molecule has 0 heterocycles. The average Bonchev–Trinajstić information content (AvgIpc) is 3.30. The Bertz CT molecular complexity index is 1010. The average molecular weight is 918 g/mol. The van der Waals surface area contributed by atoms with E-state index < -0.39 is 6.10 Å².